The molecule has 8 rings (SSSR count). The van der Waals surface area contributed by atoms with Crippen molar-refractivity contribution < 1.29 is 42.7 Å². The zero-order valence-corrected chi connectivity index (χ0v) is 36.9. The van der Waals surface area contributed by atoms with Gasteiger partial charge in [-0.2, -0.15) is 0 Å². The van der Waals surface area contributed by atoms with Crippen LogP contribution in [0.2, 0.25) is 0 Å². The number of fused-ring (bicyclic) bond motifs is 1. The number of carbonyl (C=O) groups is 2. The Labute approximate surface area is 375 Å². The maximum Gasteiger partial charge on any atom is 0.262 e. The Kier molecular flexibility index (Phi) is 15.5. The van der Waals surface area contributed by atoms with Crippen LogP contribution < -0.4 is 0 Å². The molecule has 2 fully saturated rings. The first-order chi connectivity index (χ1) is 30.9. The number of imide groups is 1. The quantitative estimate of drug-likeness (QED) is 0.0747. The zero-order chi connectivity index (χ0) is 43.5. The van der Waals surface area contributed by atoms with Crippen molar-refractivity contribution in [1.29, 1.82) is 0 Å². The van der Waals surface area contributed by atoms with E-state index in [4.69, 9.17) is 33.2 Å². The summed E-state index contributed by atoms with van der Waals surface area (Å²) in [4.78, 5) is 30.1. The van der Waals surface area contributed by atoms with Gasteiger partial charge >= 0.3 is 0 Å². The Hall–Kier alpha value is -4.69. The largest absolute Gasteiger partial charge is 0.374 e. The molecular weight excluding hydrogens is 815 g/mol. The van der Waals surface area contributed by atoms with E-state index < -0.39 is 54.4 Å². The fraction of sp³-hybridized carbons (Fsp3) is 0.385. The molecule has 4 unspecified atom stereocenters. The molecule has 0 saturated carbocycles. The molecule has 0 aliphatic carbocycles. The molecule has 0 bridgehead atoms. The second-order valence-electron chi connectivity index (χ2n) is 16.2. The van der Waals surface area contributed by atoms with Crippen LogP contribution in [0.5, 0.6) is 0 Å². The standard InChI is InChI=1S/C52H57NO9S/c1-4-42-46(47(58-32-38-24-14-8-15-25-38)44(52(61-42)63-5-2)53-49(54)40-28-18-19-29-41(40)50(53)55)62-51-48(59-33-39-26-16-9-17-27-39)45(57-31-37-22-12-7-13-23-37)35(3)43(60-51)34-56-30-36-20-10-6-11-21-36/h6-29,35,42-48,51-52H,4-5,30-34H2,1-3H3/t35-,42?,43?,44?,45-,46-,47+,48?,51-,52-/m0/s1. The SMILES string of the molecule is CCS[C@@H]1OC(CC)[C@H](O[C@@H]2OC(COCc3ccccc3)[C@H](C)[C@H](OCc3ccccc3)C2OCc2ccccc2)[C@H](OCc2ccccc2)C1N1C(=O)c2ccccc2C1=O. The van der Waals surface area contributed by atoms with Gasteiger partial charge in [0, 0.05) is 5.92 Å². The van der Waals surface area contributed by atoms with E-state index in [1.54, 1.807) is 36.0 Å². The lowest BCUT2D eigenvalue weighted by molar-refractivity contribution is -0.342. The van der Waals surface area contributed by atoms with Crippen molar-refractivity contribution in [1.82, 2.24) is 4.90 Å². The molecule has 10 atom stereocenters. The van der Waals surface area contributed by atoms with Crippen molar-refractivity contribution in [3.8, 4) is 0 Å². The minimum atomic E-state index is -1.00. The Morgan fingerprint density at radius 2 is 1.00 bits per heavy atom. The van der Waals surface area contributed by atoms with Crippen LogP contribution in [0.15, 0.2) is 146 Å². The molecular formula is C52H57NO9S. The van der Waals surface area contributed by atoms with Crippen LogP contribution in [-0.2, 0) is 59.6 Å². The molecule has 0 spiro atoms. The molecule has 2 saturated heterocycles. The Balaban J connectivity index is 1.17. The number of rotatable bonds is 19. The first kappa shape index (κ1) is 44.9. The van der Waals surface area contributed by atoms with Gasteiger partial charge in [-0.25, -0.2) is 0 Å². The van der Waals surface area contributed by atoms with E-state index in [1.165, 1.54) is 4.90 Å². The van der Waals surface area contributed by atoms with Crippen LogP contribution in [0.3, 0.4) is 0 Å². The lowest BCUT2D eigenvalue weighted by atomic mass is 9.89. The van der Waals surface area contributed by atoms with Gasteiger partial charge in [-0.15, -0.1) is 11.8 Å². The normalized spacial score (nSPS) is 27.1. The number of ether oxygens (including phenoxy) is 7. The molecule has 3 aliphatic rings. The number of hydrogen-bond donors (Lipinski definition) is 0. The number of thioether (sulfide) groups is 1. The predicted octanol–water partition coefficient (Wildman–Crippen LogP) is 9.26. The predicted molar refractivity (Wildman–Crippen MR) is 242 cm³/mol. The van der Waals surface area contributed by atoms with Gasteiger partial charge in [-0.1, -0.05) is 154 Å². The van der Waals surface area contributed by atoms with E-state index in [2.05, 4.69) is 6.92 Å². The van der Waals surface area contributed by atoms with Crippen LogP contribution in [0.4, 0.5) is 0 Å². The van der Waals surface area contributed by atoms with E-state index in [0.717, 1.165) is 22.3 Å². The lowest BCUT2D eigenvalue weighted by Gasteiger charge is -2.51. The van der Waals surface area contributed by atoms with Crippen molar-refractivity contribution in [3.05, 3.63) is 179 Å². The number of nitrogens with zero attached hydrogens (tertiary/aromatic N) is 1. The average molecular weight is 872 g/mol. The van der Waals surface area contributed by atoms with Gasteiger partial charge in [0.2, 0.25) is 0 Å². The fourth-order valence-corrected chi connectivity index (χ4v) is 9.73. The number of hydrogen-bond acceptors (Lipinski definition) is 10. The molecule has 3 aliphatic heterocycles. The highest BCUT2D eigenvalue weighted by molar-refractivity contribution is 7.99. The Bertz CT molecular complexity index is 2160. The highest BCUT2D eigenvalue weighted by atomic mass is 32.2. The molecule has 10 nitrogen and oxygen atoms in total. The summed E-state index contributed by atoms with van der Waals surface area (Å²) in [6.45, 7) is 7.70. The van der Waals surface area contributed by atoms with Gasteiger partial charge in [-0.3, -0.25) is 14.5 Å². The second-order valence-corrected chi connectivity index (χ2v) is 17.6. The highest BCUT2D eigenvalue weighted by Gasteiger charge is 2.56. The number of benzene rings is 5. The molecule has 5 aromatic rings. The number of amides is 2. The summed E-state index contributed by atoms with van der Waals surface area (Å²) < 4.78 is 48.5. The third kappa shape index (κ3) is 10.6. The third-order valence-corrected chi connectivity index (χ3v) is 13.1. The second kappa shape index (κ2) is 21.8. The first-order valence-corrected chi connectivity index (χ1v) is 23.1. The van der Waals surface area contributed by atoms with Crippen LogP contribution in [-0.4, -0.2) is 83.5 Å². The fourth-order valence-electron chi connectivity index (χ4n) is 8.71. The first-order valence-electron chi connectivity index (χ1n) is 22.1. The maximum atomic E-state index is 14.4. The summed E-state index contributed by atoms with van der Waals surface area (Å²) in [6, 6.07) is 46.1. The van der Waals surface area contributed by atoms with E-state index in [-0.39, 0.29) is 37.6 Å². The van der Waals surface area contributed by atoms with Crippen molar-refractivity contribution >= 4 is 23.6 Å². The molecule has 5 aromatic carbocycles. The van der Waals surface area contributed by atoms with Crippen molar-refractivity contribution in [2.24, 2.45) is 5.92 Å². The minimum Gasteiger partial charge on any atom is -0.374 e. The summed E-state index contributed by atoms with van der Waals surface area (Å²) in [5.41, 5.74) is 4.12. The molecule has 3 heterocycles. The van der Waals surface area contributed by atoms with Crippen LogP contribution in [0.25, 0.3) is 0 Å². The lowest BCUT2D eigenvalue weighted by Crippen LogP contribution is -2.67. The summed E-state index contributed by atoms with van der Waals surface area (Å²) >= 11 is 1.55. The number of carbonyl (C=O) groups excluding carboxylic acids is 2. The molecule has 0 N–H and O–H groups in total. The molecule has 2 amide bonds. The Morgan fingerprint density at radius 3 is 1.49 bits per heavy atom. The summed E-state index contributed by atoms with van der Waals surface area (Å²) in [7, 11) is 0. The van der Waals surface area contributed by atoms with Crippen LogP contribution in [0, 0.1) is 5.92 Å². The molecule has 330 valence electrons. The van der Waals surface area contributed by atoms with E-state index >= 15 is 0 Å². The summed E-state index contributed by atoms with van der Waals surface area (Å²) in [6.07, 6.45) is -4.27. The third-order valence-electron chi connectivity index (χ3n) is 12.0. The smallest absolute Gasteiger partial charge is 0.262 e. The van der Waals surface area contributed by atoms with E-state index in [1.807, 2.05) is 135 Å². The van der Waals surface area contributed by atoms with Crippen molar-refractivity contribution in [3.63, 3.8) is 0 Å². The summed E-state index contributed by atoms with van der Waals surface area (Å²) in [5.74, 6) is -0.271. The monoisotopic (exact) mass is 871 g/mol. The molecule has 11 heteroatoms. The zero-order valence-electron chi connectivity index (χ0n) is 36.1. The highest BCUT2D eigenvalue weighted by Crippen LogP contribution is 2.42. The van der Waals surface area contributed by atoms with Gasteiger partial charge in [-0.05, 0) is 46.6 Å². The Morgan fingerprint density at radius 1 is 0.540 bits per heavy atom. The summed E-state index contributed by atoms with van der Waals surface area (Å²) in [5, 5.41) is 0. The van der Waals surface area contributed by atoms with E-state index in [9.17, 15) is 9.59 Å². The maximum absolute atomic E-state index is 14.4. The van der Waals surface area contributed by atoms with Gasteiger partial charge in [0.25, 0.3) is 11.8 Å². The van der Waals surface area contributed by atoms with Gasteiger partial charge in [0.1, 0.15) is 29.8 Å². The van der Waals surface area contributed by atoms with Gasteiger partial charge < -0.3 is 33.2 Å². The topological polar surface area (TPSA) is 102 Å². The molecule has 0 radical (unpaired) electrons. The molecule has 63 heavy (non-hydrogen) atoms. The minimum absolute atomic E-state index is 0.184. The van der Waals surface area contributed by atoms with Crippen LogP contribution in [0.1, 0.15) is 70.2 Å². The van der Waals surface area contributed by atoms with E-state index in [0.29, 0.717) is 36.5 Å². The molecule has 0 aromatic heterocycles. The van der Waals surface area contributed by atoms with Crippen molar-refractivity contribution in [2.75, 3.05) is 12.4 Å². The van der Waals surface area contributed by atoms with Crippen molar-refractivity contribution in [2.45, 2.75) is 108 Å². The van der Waals surface area contributed by atoms with Gasteiger partial charge in [0.15, 0.2) is 6.29 Å². The van der Waals surface area contributed by atoms with Gasteiger partial charge in [0.05, 0.1) is 62.5 Å². The average Bonchev–Trinajstić information content (AvgIpc) is 3.57. The van der Waals surface area contributed by atoms with Crippen LogP contribution >= 0.6 is 11.8 Å².